The van der Waals surface area contributed by atoms with Crippen LogP contribution in [0.2, 0.25) is 0 Å². The van der Waals surface area contributed by atoms with Crippen LogP contribution in [0.3, 0.4) is 0 Å². The van der Waals surface area contributed by atoms with E-state index in [4.69, 9.17) is 0 Å². The Hall–Kier alpha value is -1.75. The van der Waals surface area contributed by atoms with Crippen LogP contribution in [0, 0.1) is 11.6 Å². The molecule has 0 saturated carbocycles. The molecule has 2 aromatic rings. The lowest BCUT2D eigenvalue weighted by molar-refractivity contribution is 0.201. The van der Waals surface area contributed by atoms with Gasteiger partial charge in [0.15, 0.2) is 11.6 Å². The maximum atomic E-state index is 13.6. The largest absolute Gasteiger partial charge is 0.382 e. The molecule has 0 aliphatic heterocycles. The first kappa shape index (κ1) is 12.7. The summed E-state index contributed by atoms with van der Waals surface area (Å²) in [5.74, 6) is -2.00. The number of nitrogens with zero attached hydrogens (tertiary/aromatic N) is 2. The number of aliphatic hydroxyl groups excluding tert-OH is 1. The zero-order chi connectivity index (χ0) is 13.3. The molecule has 96 valence electrons. The lowest BCUT2D eigenvalue weighted by Gasteiger charge is -2.17. The van der Waals surface area contributed by atoms with Crippen LogP contribution in [0.5, 0.6) is 0 Å². The van der Waals surface area contributed by atoms with Crippen molar-refractivity contribution in [1.29, 1.82) is 0 Å². The van der Waals surface area contributed by atoms with Gasteiger partial charge in [-0.15, -0.1) is 0 Å². The molecule has 0 aliphatic rings. The predicted octanol–water partition coefficient (Wildman–Crippen LogP) is 2.82. The van der Waals surface area contributed by atoms with E-state index < -0.39 is 17.7 Å². The van der Waals surface area contributed by atoms with Crippen molar-refractivity contribution < 1.29 is 13.9 Å². The van der Waals surface area contributed by atoms with Crippen molar-refractivity contribution in [2.45, 2.75) is 26.0 Å². The molecule has 0 radical (unpaired) electrons. The summed E-state index contributed by atoms with van der Waals surface area (Å²) in [5.41, 5.74) is 0.354. The van der Waals surface area contributed by atoms with Gasteiger partial charge in [0.05, 0.1) is 18.2 Å². The first-order chi connectivity index (χ1) is 8.52. The minimum atomic E-state index is -1.23. The maximum Gasteiger partial charge on any atom is 0.165 e. The molecule has 1 aromatic carbocycles. The third-order valence-corrected chi connectivity index (χ3v) is 2.81. The molecule has 2 rings (SSSR count). The van der Waals surface area contributed by atoms with Gasteiger partial charge in [-0.2, -0.15) is 0 Å². The third-order valence-electron chi connectivity index (χ3n) is 2.81. The zero-order valence-electron chi connectivity index (χ0n) is 10.1. The van der Waals surface area contributed by atoms with Crippen molar-refractivity contribution in [2.24, 2.45) is 0 Å². The second kappa shape index (κ2) is 4.86. The summed E-state index contributed by atoms with van der Waals surface area (Å²) >= 11 is 0. The molecule has 1 atom stereocenters. The molecule has 5 heteroatoms. The molecular weight excluding hydrogens is 238 g/mol. The Labute approximate surface area is 104 Å². The van der Waals surface area contributed by atoms with Crippen LogP contribution in [0.1, 0.15) is 37.3 Å². The van der Waals surface area contributed by atoms with Gasteiger partial charge in [-0.25, -0.2) is 13.8 Å². The fourth-order valence-electron chi connectivity index (χ4n) is 1.85. The molecule has 0 fully saturated rings. The lowest BCUT2D eigenvalue weighted by Crippen LogP contribution is -2.11. The first-order valence-electron chi connectivity index (χ1n) is 5.66. The standard InChI is InChI=1S/C13H14F2N2O/c1-8(2)17-7-16-6-11(17)13(18)9-4-3-5-10(14)12(9)15/h3-8,13,18H,1-2H3. The normalized spacial score (nSPS) is 13.0. The second-order valence-corrected chi connectivity index (χ2v) is 4.37. The highest BCUT2D eigenvalue weighted by Crippen LogP contribution is 2.26. The van der Waals surface area contributed by atoms with Crippen LogP contribution in [0.25, 0.3) is 0 Å². The first-order valence-corrected chi connectivity index (χ1v) is 5.66. The summed E-state index contributed by atoms with van der Waals surface area (Å²) < 4.78 is 28.5. The molecule has 3 nitrogen and oxygen atoms in total. The molecule has 1 unspecified atom stereocenters. The molecule has 0 amide bonds. The fraction of sp³-hybridized carbons (Fsp3) is 0.308. The molecule has 1 heterocycles. The Kier molecular flexibility index (Phi) is 3.43. The van der Waals surface area contributed by atoms with Gasteiger partial charge in [0.2, 0.25) is 0 Å². The van der Waals surface area contributed by atoms with E-state index >= 15 is 0 Å². The van der Waals surface area contributed by atoms with Gasteiger partial charge in [0.25, 0.3) is 0 Å². The monoisotopic (exact) mass is 252 g/mol. The van der Waals surface area contributed by atoms with Crippen LogP contribution in [0.15, 0.2) is 30.7 Å². The van der Waals surface area contributed by atoms with Crippen LogP contribution >= 0.6 is 0 Å². The zero-order valence-corrected chi connectivity index (χ0v) is 10.1. The number of benzene rings is 1. The topological polar surface area (TPSA) is 38.0 Å². The number of halogens is 2. The van der Waals surface area contributed by atoms with Gasteiger partial charge in [-0.3, -0.25) is 0 Å². The number of imidazole rings is 1. The highest BCUT2D eigenvalue weighted by Gasteiger charge is 2.21. The van der Waals surface area contributed by atoms with Crippen LogP contribution in [-0.4, -0.2) is 14.7 Å². The quantitative estimate of drug-likeness (QED) is 0.912. The predicted molar refractivity (Wildman–Crippen MR) is 63.0 cm³/mol. The van der Waals surface area contributed by atoms with E-state index in [1.807, 2.05) is 13.8 Å². The second-order valence-electron chi connectivity index (χ2n) is 4.37. The highest BCUT2D eigenvalue weighted by molar-refractivity contribution is 5.27. The smallest absolute Gasteiger partial charge is 0.165 e. The van der Waals surface area contributed by atoms with E-state index in [9.17, 15) is 13.9 Å². The number of aromatic nitrogens is 2. The number of rotatable bonds is 3. The van der Waals surface area contributed by atoms with Gasteiger partial charge >= 0.3 is 0 Å². The van der Waals surface area contributed by atoms with Gasteiger partial charge in [-0.05, 0) is 19.9 Å². The Morgan fingerprint density at radius 1 is 1.28 bits per heavy atom. The average Bonchev–Trinajstić information content (AvgIpc) is 2.81. The Morgan fingerprint density at radius 3 is 2.67 bits per heavy atom. The summed E-state index contributed by atoms with van der Waals surface area (Å²) in [6.07, 6.45) is 1.78. The van der Waals surface area contributed by atoms with Gasteiger partial charge in [-0.1, -0.05) is 12.1 Å². The summed E-state index contributed by atoms with van der Waals surface area (Å²) in [5, 5.41) is 10.1. The van der Waals surface area contributed by atoms with Gasteiger partial charge in [0.1, 0.15) is 6.10 Å². The van der Waals surface area contributed by atoms with Crippen LogP contribution < -0.4 is 0 Å². The molecule has 0 bridgehead atoms. The van der Waals surface area contributed by atoms with E-state index in [1.54, 1.807) is 10.9 Å². The van der Waals surface area contributed by atoms with E-state index in [0.29, 0.717) is 5.69 Å². The van der Waals surface area contributed by atoms with Gasteiger partial charge in [0, 0.05) is 11.6 Å². The number of hydrogen-bond acceptors (Lipinski definition) is 2. The molecule has 0 spiro atoms. The Balaban J connectivity index is 2.45. The van der Waals surface area contributed by atoms with Crippen molar-refractivity contribution in [2.75, 3.05) is 0 Å². The minimum absolute atomic E-state index is 0.0776. The molecule has 18 heavy (non-hydrogen) atoms. The Bertz CT molecular complexity index is 552. The summed E-state index contributed by atoms with van der Waals surface area (Å²) in [4.78, 5) is 3.93. The maximum absolute atomic E-state index is 13.6. The summed E-state index contributed by atoms with van der Waals surface area (Å²) in [7, 11) is 0. The molecule has 1 N–H and O–H groups in total. The van der Waals surface area contributed by atoms with Crippen molar-refractivity contribution in [3.63, 3.8) is 0 Å². The van der Waals surface area contributed by atoms with Crippen LogP contribution in [-0.2, 0) is 0 Å². The molecule has 0 aliphatic carbocycles. The Morgan fingerprint density at radius 2 is 2.00 bits per heavy atom. The SMILES string of the molecule is CC(C)n1cncc1C(O)c1cccc(F)c1F. The minimum Gasteiger partial charge on any atom is -0.382 e. The van der Waals surface area contributed by atoms with Crippen molar-refractivity contribution in [1.82, 2.24) is 9.55 Å². The third kappa shape index (κ3) is 2.13. The average molecular weight is 252 g/mol. The summed E-state index contributed by atoms with van der Waals surface area (Å²) in [6.45, 7) is 3.83. The van der Waals surface area contributed by atoms with E-state index in [-0.39, 0.29) is 11.6 Å². The van der Waals surface area contributed by atoms with Crippen molar-refractivity contribution in [3.05, 3.63) is 53.6 Å². The fourth-order valence-corrected chi connectivity index (χ4v) is 1.85. The van der Waals surface area contributed by atoms with E-state index in [0.717, 1.165) is 6.07 Å². The van der Waals surface area contributed by atoms with Crippen molar-refractivity contribution in [3.8, 4) is 0 Å². The lowest BCUT2D eigenvalue weighted by atomic mass is 10.1. The molecule has 0 saturated heterocycles. The molecular formula is C13H14F2N2O. The highest BCUT2D eigenvalue weighted by atomic mass is 19.2. The molecule has 1 aromatic heterocycles. The van der Waals surface area contributed by atoms with Crippen molar-refractivity contribution >= 4 is 0 Å². The van der Waals surface area contributed by atoms with Crippen LogP contribution in [0.4, 0.5) is 8.78 Å². The van der Waals surface area contributed by atoms with Gasteiger partial charge < -0.3 is 9.67 Å². The van der Waals surface area contributed by atoms with E-state index in [1.165, 1.54) is 18.3 Å². The number of aliphatic hydroxyl groups is 1. The summed E-state index contributed by atoms with van der Waals surface area (Å²) in [6, 6.07) is 3.83. The van der Waals surface area contributed by atoms with E-state index in [2.05, 4.69) is 4.98 Å². The number of hydrogen-bond donors (Lipinski definition) is 1.